The lowest BCUT2D eigenvalue weighted by atomic mass is 10.00. The summed E-state index contributed by atoms with van der Waals surface area (Å²) in [5, 5.41) is 0. The quantitative estimate of drug-likeness (QED) is 0.139. The first-order chi connectivity index (χ1) is 24.9. The van der Waals surface area contributed by atoms with Crippen LogP contribution in [0.3, 0.4) is 0 Å². The Morgan fingerprint density at radius 2 is 0.865 bits per heavy atom. The van der Waals surface area contributed by atoms with Crippen molar-refractivity contribution < 1.29 is 27.6 Å². The number of rotatable bonds is 6. The predicted octanol–water partition coefficient (Wildman–Crippen LogP) is 6.93. The Hall–Kier alpha value is -6.85. The number of anilines is 4. The highest BCUT2D eigenvalue weighted by atomic mass is 32.2. The molecule has 6 aromatic carbocycles. The largest absolute Gasteiger partial charge is 0.399 e. The van der Waals surface area contributed by atoms with Gasteiger partial charge in [0.2, 0.25) is 9.84 Å². The number of imide groups is 2. The van der Waals surface area contributed by atoms with Crippen molar-refractivity contribution in [3.63, 3.8) is 0 Å². The average molecular weight is 705 g/mol. The molecule has 0 saturated heterocycles. The SMILES string of the molecule is Cc1cc(S(=O)(=O)c2ccc(N3C(=O)c4ccc(-c5ccc(N)cc5)cc4C3=O)cc2)ccc1N1C(=O)c2ccc(-c3ccc(N)cc3)cc2C1=O. The maximum absolute atomic E-state index is 13.7. The van der Waals surface area contributed by atoms with Crippen molar-refractivity contribution in [2.24, 2.45) is 0 Å². The molecule has 0 fully saturated rings. The van der Waals surface area contributed by atoms with Crippen LogP contribution in [0.15, 0.2) is 137 Å². The molecule has 8 rings (SSSR count). The third-order valence-corrected chi connectivity index (χ3v) is 11.2. The number of aryl methyl sites for hydroxylation is 1. The van der Waals surface area contributed by atoms with E-state index >= 15 is 0 Å². The number of hydrogen-bond donors (Lipinski definition) is 2. The lowest BCUT2D eigenvalue weighted by Crippen LogP contribution is -2.30. The van der Waals surface area contributed by atoms with Crippen molar-refractivity contribution in [3.8, 4) is 22.3 Å². The van der Waals surface area contributed by atoms with Crippen molar-refractivity contribution in [2.75, 3.05) is 21.3 Å². The normalized spacial score (nSPS) is 13.9. The van der Waals surface area contributed by atoms with E-state index in [9.17, 15) is 27.6 Å². The van der Waals surface area contributed by atoms with Crippen molar-refractivity contribution >= 4 is 56.2 Å². The number of carbonyl (C=O) groups is 4. The monoisotopic (exact) mass is 704 g/mol. The van der Waals surface area contributed by atoms with Crippen LogP contribution in [0.2, 0.25) is 0 Å². The Morgan fingerprint density at radius 3 is 1.37 bits per heavy atom. The minimum atomic E-state index is -4.08. The molecule has 4 N–H and O–H groups in total. The number of hydrogen-bond acceptors (Lipinski definition) is 8. The van der Waals surface area contributed by atoms with Crippen LogP contribution in [-0.4, -0.2) is 32.0 Å². The fourth-order valence-corrected chi connectivity index (χ4v) is 7.95. The van der Waals surface area contributed by atoms with Gasteiger partial charge in [0.15, 0.2) is 0 Å². The van der Waals surface area contributed by atoms with Crippen molar-refractivity contribution in [2.45, 2.75) is 16.7 Å². The summed E-state index contributed by atoms with van der Waals surface area (Å²) in [6.07, 6.45) is 0. The minimum Gasteiger partial charge on any atom is -0.399 e. The van der Waals surface area contributed by atoms with E-state index < -0.39 is 33.5 Å². The highest BCUT2D eigenvalue weighted by Gasteiger charge is 2.39. The number of nitrogen functional groups attached to an aromatic ring is 2. The Bertz CT molecular complexity index is 2640. The van der Waals surface area contributed by atoms with Crippen LogP contribution in [0.4, 0.5) is 22.7 Å². The van der Waals surface area contributed by atoms with E-state index in [0.717, 1.165) is 32.1 Å². The standard InChI is InChI=1S/C41H28N4O6S/c1-23-20-32(16-19-37(23)45-39(47)34-18-7-27(22-36(34)41(45)49)25-4-10-29(43)11-5-25)52(50,51)31-14-12-30(13-15-31)44-38(46)33-17-6-26(21-35(33)40(44)48)24-2-8-28(42)9-3-24/h2-22H,42-43H2,1H3. The molecule has 0 unspecified atom stereocenters. The van der Waals surface area contributed by atoms with Crippen LogP contribution in [0.1, 0.15) is 47.0 Å². The summed E-state index contributed by atoms with van der Waals surface area (Å²) >= 11 is 0. The Labute approximate surface area is 298 Å². The summed E-state index contributed by atoms with van der Waals surface area (Å²) in [6.45, 7) is 1.63. The topological polar surface area (TPSA) is 161 Å². The summed E-state index contributed by atoms with van der Waals surface area (Å²) in [5.41, 5.74) is 17.8. The van der Waals surface area contributed by atoms with E-state index in [4.69, 9.17) is 11.5 Å². The maximum atomic E-state index is 13.7. The summed E-state index contributed by atoms with van der Waals surface area (Å²) in [6, 6.07) is 34.1. The van der Waals surface area contributed by atoms with Gasteiger partial charge < -0.3 is 11.5 Å². The molecule has 254 valence electrons. The van der Waals surface area contributed by atoms with Crippen molar-refractivity contribution in [1.29, 1.82) is 0 Å². The lowest BCUT2D eigenvalue weighted by molar-refractivity contribution is 0.0910. The summed E-state index contributed by atoms with van der Waals surface area (Å²) in [4.78, 5) is 55.7. The minimum absolute atomic E-state index is 0.0559. The van der Waals surface area contributed by atoms with Crippen molar-refractivity contribution in [1.82, 2.24) is 0 Å². The fourth-order valence-electron chi connectivity index (χ4n) is 6.60. The van der Waals surface area contributed by atoms with Gasteiger partial charge in [-0.1, -0.05) is 36.4 Å². The van der Waals surface area contributed by atoms with Gasteiger partial charge in [-0.15, -0.1) is 0 Å². The molecular formula is C41H28N4O6S. The highest BCUT2D eigenvalue weighted by Crippen LogP contribution is 2.36. The predicted molar refractivity (Wildman–Crippen MR) is 198 cm³/mol. The zero-order valence-corrected chi connectivity index (χ0v) is 28.3. The lowest BCUT2D eigenvalue weighted by Gasteiger charge is -2.18. The third kappa shape index (κ3) is 5.14. The number of carbonyl (C=O) groups excluding carboxylic acids is 4. The number of amides is 4. The Kier molecular flexibility index (Phi) is 7.40. The molecular weight excluding hydrogens is 677 g/mol. The molecule has 0 atom stereocenters. The van der Waals surface area contributed by atoms with Gasteiger partial charge in [-0.3, -0.25) is 19.2 Å². The van der Waals surface area contributed by atoms with Gasteiger partial charge in [-0.2, -0.15) is 0 Å². The molecule has 6 aromatic rings. The summed E-state index contributed by atoms with van der Waals surface area (Å²) in [5.74, 6) is -2.05. The van der Waals surface area contributed by atoms with Crippen LogP contribution in [-0.2, 0) is 9.84 Å². The van der Waals surface area contributed by atoms with E-state index in [1.807, 2.05) is 24.3 Å². The second kappa shape index (κ2) is 11.9. The van der Waals surface area contributed by atoms with Crippen molar-refractivity contribution in [3.05, 3.63) is 155 Å². The summed E-state index contributed by atoms with van der Waals surface area (Å²) in [7, 11) is -4.08. The number of sulfone groups is 1. The zero-order valence-electron chi connectivity index (χ0n) is 27.5. The second-order valence-corrected chi connectivity index (χ2v) is 14.6. The highest BCUT2D eigenvalue weighted by molar-refractivity contribution is 7.91. The van der Waals surface area contributed by atoms with Gasteiger partial charge in [-0.25, -0.2) is 18.2 Å². The molecule has 2 heterocycles. The van der Waals surface area contributed by atoms with Gasteiger partial charge in [0.1, 0.15) is 0 Å². The van der Waals surface area contributed by atoms with Gasteiger partial charge in [0, 0.05) is 11.4 Å². The molecule has 0 bridgehead atoms. The number of nitrogens with zero attached hydrogens (tertiary/aromatic N) is 2. The fraction of sp³-hybridized carbons (Fsp3) is 0.0244. The molecule has 10 nitrogen and oxygen atoms in total. The summed E-state index contributed by atoms with van der Waals surface area (Å²) < 4.78 is 27.5. The molecule has 0 aromatic heterocycles. The molecule has 2 aliphatic heterocycles. The van der Waals surface area contributed by atoms with Gasteiger partial charge in [-0.05, 0) is 126 Å². The van der Waals surface area contributed by atoms with Gasteiger partial charge >= 0.3 is 0 Å². The molecule has 0 spiro atoms. The van der Waals surface area contributed by atoms with Gasteiger partial charge in [0.25, 0.3) is 23.6 Å². The van der Waals surface area contributed by atoms with Crippen LogP contribution >= 0.6 is 0 Å². The van der Waals surface area contributed by atoms with Gasteiger partial charge in [0.05, 0.1) is 43.4 Å². The van der Waals surface area contributed by atoms with E-state index in [2.05, 4.69) is 0 Å². The molecule has 52 heavy (non-hydrogen) atoms. The average Bonchev–Trinajstić information content (AvgIpc) is 3.55. The molecule has 0 saturated carbocycles. The Morgan fingerprint density at radius 1 is 0.442 bits per heavy atom. The molecule has 2 aliphatic rings. The first kappa shape index (κ1) is 32.4. The van der Waals surface area contributed by atoms with E-state index in [0.29, 0.717) is 16.9 Å². The van der Waals surface area contributed by atoms with Crippen LogP contribution < -0.4 is 21.3 Å². The van der Waals surface area contributed by atoms with E-state index in [-0.39, 0.29) is 43.4 Å². The first-order valence-electron chi connectivity index (χ1n) is 16.2. The zero-order chi connectivity index (χ0) is 36.5. The van der Waals surface area contributed by atoms with Crippen LogP contribution in [0.25, 0.3) is 22.3 Å². The van der Waals surface area contributed by atoms with E-state index in [1.54, 1.807) is 67.6 Å². The number of nitrogens with two attached hydrogens (primary N) is 2. The smallest absolute Gasteiger partial charge is 0.266 e. The second-order valence-electron chi connectivity index (χ2n) is 12.6. The molecule has 4 amide bonds. The third-order valence-electron chi connectivity index (χ3n) is 9.39. The Balaban J connectivity index is 1.03. The molecule has 0 radical (unpaired) electrons. The molecule has 0 aliphatic carbocycles. The maximum Gasteiger partial charge on any atom is 0.266 e. The number of benzene rings is 6. The number of fused-ring (bicyclic) bond motifs is 2. The van der Waals surface area contributed by atoms with E-state index in [1.165, 1.54) is 42.5 Å². The first-order valence-corrected chi connectivity index (χ1v) is 17.6. The van der Waals surface area contributed by atoms with Crippen LogP contribution in [0.5, 0.6) is 0 Å². The molecule has 11 heteroatoms. The van der Waals surface area contributed by atoms with Crippen LogP contribution in [0, 0.1) is 6.92 Å².